The van der Waals surface area contributed by atoms with E-state index >= 15 is 0 Å². The predicted octanol–water partition coefficient (Wildman–Crippen LogP) is -0.681. The van der Waals surface area contributed by atoms with E-state index < -0.39 is 31.2 Å². The molecule has 0 spiro atoms. The Morgan fingerprint density at radius 1 is 1.44 bits per heavy atom. The lowest BCUT2D eigenvalue weighted by atomic mass is 10.0. The summed E-state index contributed by atoms with van der Waals surface area (Å²) in [5, 5.41) is 4.36. The van der Waals surface area contributed by atoms with E-state index in [1.54, 1.807) is 0 Å². The Balaban J connectivity index is 4.41. The molecule has 0 saturated heterocycles. The van der Waals surface area contributed by atoms with Crippen LogP contribution in [0, 0.1) is 0 Å². The fourth-order valence-corrected chi connectivity index (χ4v) is 1.16. The second-order valence-electron chi connectivity index (χ2n) is 3.65. The summed E-state index contributed by atoms with van der Waals surface area (Å²) in [7, 11) is -4.30. The minimum absolute atomic E-state index is 0.545. The van der Waals surface area contributed by atoms with Crippen molar-refractivity contribution in [2.45, 2.75) is 19.4 Å². The Kier molecular flexibility index (Phi) is 4.86. The van der Waals surface area contributed by atoms with Crippen molar-refractivity contribution in [3.05, 3.63) is 12.7 Å². The lowest BCUT2D eigenvalue weighted by Crippen LogP contribution is -2.54. The first kappa shape index (κ1) is 14.8. The molecule has 7 nitrogen and oxygen atoms in total. The van der Waals surface area contributed by atoms with Gasteiger partial charge in [0, 0.05) is 0 Å². The number of carbonyl (C=O) groups excluding carboxylic acids is 2. The average Bonchev–Trinajstić information content (AvgIpc) is 2.11. The van der Waals surface area contributed by atoms with E-state index in [2.05, 4.69) is 11.9 Å². The molecule has 92 valence electrons. The molecule has 0 aliphatic heterocycles. The molecule has 2 amide bonds. The highest BCUT2D eigenvalue weighted by atomic mass is 31.2. The second-order valence-corrected chi connectivity index (χ2v) is 5.29. The van der Waals surface area contributed by atoms with E-state index in [-0.39, 0.29) is 0 Å². The van der Waals surface area contributed by atoms with E-state index in [4.69, 9.17) is 9.79 Å². The molecule has 0 aliphatic rings. The highest BCUT2D eigenvalue weighted by molar-refractivity contribution is 7.51. The van der Waals surface area contributed by atoms with Crippen molar-refractivity contribution in [2.75, 3.05) is 6.29 Å². The van der Waals surface area contributed by atoms with Crippen molar-refractivity contribution in [2.24, 2.45) is 0 Å². The summed E-state index contributed by atoms with van der Waals surface area (Å²) in [4.78, 5) is 39.5. The standard InChI is InChI=1S/C8H15N2O5P/c1-4-6(11)10-8(2,3)7(12)9-5-16(13,14)15/h4H,1,5H2,2-3H3,(H,9,12)(H,10,11)(H2,13,14,15). The van der Waals surface area contributed by atoms with Crippen molar-refractivity contribution in [3.8, 4) is 0 Å². The van der Waals surface area contributed by atoms with Gasteiger partial charge in [0.15, 0.2) is 0 Å². The average molecular weight is 250 g/mol. The van der Waals surface area contributed by atoms with E-state index in [0.29, 0.717) is 0 Å². The second kappa shape index (κ2) is 5.25. The van der Waals surface area contributed by atoms with Crippen molar-refractivity contribution < 1.29 is 23.9 Å². The number of hydrogen-bond acceptors (Lipinski definition) is 3. The highest BCUT2D eigenvalue weighted by Crippen LogP contribution is 2.32. The Morgan fingerprint density at radius 2 is 1.94 bits per heavy atom. The van der Waals surface area contributed by atoms with Gasteiger partial charge in [-0.2, -0.15) is 0 Å². The number of rotatable bonds is 5. The molecule has 0 aromatic carbocycles. The van der Waals surface area contributed by atoms with Crippen LogP contribution in [0.4, 0.5) is 0 Å². The van der Waals surface area contributed by atoms with E-state index in [1.807, 2.05) is 5.32 Å². The summed E-state index contributed by atoms with van der Waals surface area (Å²) in [5.74, 6) is -1.23. The molecule has 0 heterocycles. The van der Waals surface area contributed by atoms with E-state index in [1.165, 1.54) is 13.8 Å². The van der Waals surface area contributed by atoms with Gasteiger partial charge in [0.1, 0.15) is 11.8 Å². The fraction of sp³-hybridized carbons (Fsp3) is 0.500. The molecule has 0 unspecified atom stereocenters. The van der Waals surface area contributed by atoms with Crippen LogP contribution in [0.15, 0.2) is 12.7 Å². The summed E-state index contributed by atoms with van der Waals surface area (Å²) in [5.41, 5.74) is -1.26. The molecule has 0 saturated carbocycles. The van der Waals surface area contributed by atoms with Crippen LogP contribution in [0.1, 0.15) is 13.8 Å². The van der Waals surface area contributed by atoms with Crippen LogP contribution in [0.2, 0.25) is 0 Å². The number of hydrogen-bond donors (Lipinski definition) is 4. The summed E-state index contributed by atoms with van der Waals surface area (Å²) >= 11 is 0. The van der Waals surface area contributed by atoms with Gasteiger partial charge in [-0.15, -0.1) is 0 Å². The maximum absolute atomic E-state index is 11.5. The van der Waals surface area contributed by atoms with Crippen LogP contribution in [0.3, 0.4) is 0 Å². The SMILES string of the molecule is C=CC(=O)NC(C)(C)C(=O)NCP(=O)(O)O. The molecule has 0 fully saturated rings. The van der Waals surface area contributed by atoms with E-state index in [0.717, 1.165) is 6.08 Å². The summed E-state index contributed by atoms with van der Waals surface area (Å²) in [6, 6.07) is 0. The maximum Gasteiger partial charge on any atom is 0.344 e. The predicted molar refractivity (Wildman–Crippen MR) is 57.5 cm³/mol. The topological polar surface area (TPSA) is 116 Å². The minimum Gasteiger partial charge on any atom is -0.342 e. The van der Waals surface area contributed by atoms with E-state index in [9.17, 15) is 14.2 Å². The monoisotopic (exact) mass is 250 g/mol. The zero-order valence-electron chi connectivity index (χ0n) is 9.06. The Bertz CT molecular complexity index is 346. The molecule has 0 aromatic heterocycles. The van der Waals surface area contributed by atoms with Crippen molar-refractivity contribution >= 4 is 19.4 Å². The summed E-state index contributed by atoms with van der Waals surface area (Å²) in [6.07, 6.45) is 0.233. The molecule has 0 rings (SSSR count). The molecule has 4 N–H and O–H groups in total. The third-order valence-electron chi connectivity index (χ3n) is 1.63. The Hall–Kier alpha value is -1.17. The molecule has 0 radical (unpaired) electrons. The Morgan fingerprint density at radius 3 is 2.31 bits per heavy atom. The van der Waals surface area contributed by atoms with Gasteiger partial charge in [-0.05, 0) is 19.9 Å². The first-order chi connectivity index (χ1) is 7.08. The number of carbonyl (C=O) groups is 2. The minimum atomic E-state index is -4.30. The van der Waals surface area contributed by atoms with Crippen LogP contribution in [0.5, 0.6) is 0 Å². The first-order valence-corrected chi connectivity index (χ1v) is 6.16. The molecule has 8 heteroatoms. The smallest absolute Gasteiger partial charge is 0.342 e. The third kappa shape index (κ3) is 5.65. The van der Waals surface area contributed by atoms with Gasteiger partial charge < -0.3 is 20.4 Å². The van der Waals surface area contributed by atoms with Crippen LogP contribution in [0.25, 0.3) is 0 Å². The van der Waals surface area contributed by atoms with Crippen LogP contribution in [-0.4, -0.2) is 33.4 Å². The highest BCUT2D eigenvalue weighted by Gasteiger charge is 2.29. The summed E-state index contributed by atoms with van der Waals surface area (Å²) < 4.78 is 10.5. The normalized spacial score (nSPS) is 11.8. The molecule has 0 bridgehead atoms. The molecular weight excluding hydrogens is 235 g/mol. The Labute approximate surface area is 93.1 Å². The molecule has 0 aliphatic carbocycles. The molecule has 16 heavy (non-hydrogen) atoms. The first-order valence-electron chi connectivity index (χ1n) is 4.36. The van der Waals surface area contributed by atoms with Crippen molar-refractivity contribution in [1.29, 1.82) is 0 Å². The van der Waals surface area contributed by atoms with Crippen LogP contribution >= 0.6 is 7.60 Å². The largest absolute Gasteiger partial charge is 0.344 e. The quantitative estimate of drug-likeness (QED) is 0.381. The lowest BCUT2D eigenvalue weighted by molar-refractivity contribution is -0.130. The van der Waals surface area contributed by atoms with Gasteiger partial charge in [-0.1, -0.05) is 6.58 Å². The van der Waals surface area contributed by atoms with Gasteiger partial charge in [0.25, 0.3) is 0 Å². The number of amides is 2. The van der Waals surface area contributed by atoms with Gasteiger partial charge in [0.05, 0.1) is 0 Å². The molecule has 0 aromatic rings. The van der Waals surface area contributed by atoms with Gasteiger partial charge >= 0.3 is 7.60 Å². The van der Waals surface area contributed by atoms with Crippen molar-refractivity contribution in [3.63, 3.8) is 0 Å². The van der Waals surface area contributed by atoms with Gasteiger partial charge in [-0.3, -0.25) is 14.2 Å². The lowest BCUT2D eigenvalue weighted by Gasteiger charge is -2.24. The molecular formula is C8H15N2O5P. The zero-order valence-corrected chi connectivity index (χ0v) is 9.95. The fourth-order valence-electron chi connectivity index (χ4n) is 0.812. The van der Waals surface area contributed by atoms with Crippen LogP contribution < -0.4 is 10.6 Å². The van der Waals surface area contributed by atoms with Crippen LogP contribution in [-0.2, 0) is 14.2 Å². The summed E-state index contributed by atoms with van der Waals surface area (Å²) in [6.45, 7) is 6.03. The third-order valence-corrected chi connectivity index (χ3v) is 2.20. The zero-order chi connectivity index (χ0) is 13.0. The maximum atomic E-state index is 11.5. The number of nitrogens with one attached hydrogen (secondary N) is 2. The molecule has 0 atom stereocenters. The van der Waals surface area contributed by atoms with Gasteiger partial charge in [0.2, 0.25) is 11.8 Å². The van der Waals surface area contributed by atoms with Gasteiger partial charge in [-0.25, -0.2) is 0 Å². The van der Waals surface area contributed by atoms with Crippen molar-refractivity contribution in [1.82, 2.24) is 10.6 Å².